The molecule has 2 bridgehead atoms. The average molecular weight is 735 g/mol. The van der Waals surface area contributed by atoms with Crippen molar-refractivity contribution in [3.63, 3.8) is 0 Å². The van der Waals surface area contributed by atoms with Crippen LogP contribution < -0.4 is 19.5 Å². The van der Waals surface area contributed by atoms with E-state index >= 15 is 0 Å². The summed E-state index contributed by atoms with van der Waals surface area (Å²) in [6, 6.07) is 19.5. The van der Waals surface area contributed by atoms with Gasteiger partial charge in [-0.1, -0.05) is 71.7 Å². The zero-order valence-electron chi connectivity index (χ0n) is 28.5. The molecule has 4 heterocycles. The van der Waals surface area contributed by atoms with Gasteiger partial charge in [-0.15, -0.1) is 0 Å². The number of benzene rings is 3. The second-order valence-corrected chi connectivity index (χ2v) is 13.9. The van der Waals surface area contributed by atoms with Crippen LogP contribution in [0.1, 0.15) is 63.0 Å². The molecule has 3 aliphatic rings. The lowest BCUT2D eigenvalue weighted by atomic mass is 9.82. The van der Waals surface area contributed by atoms with Gasteiger partial charge in [-0.3, -0.25) is 4.90 Å². The number of carboxylic acids is 1. The van der Waals surface area contributed by atoms with E-state index in [1.807, 2.05) is 42.5 Å². The Labute approximate surface area is 307 Å². The topological polar surface area (TPSA) is 124 Å². The Morgan fingerprint density at radius 1 is 0.961 bits per heavy atom. The summed E-state index contributed by atoms with van der Waals surface area (Å²) in [5, 5.41) is 26.1. The quantitative estimate of drug-likeness (QED) is 0.0882. The largest absolute Gasteiger partial charge is 0.619 e. The fraction of sp³-hybridized carbons (Fsp3) is 0.359. The van der Waals surface area contributed by atoms with Crippen LogP contribution >= 0.6 is 23.2 Å². The van der Waals surface area contributed by atoms with Crippen LogP contribution in [0.3, 0.4) is 0 Å². The zero-order valence-corrected chi connectivity index (χ0v) is 30.0. The number of hydrogen-bond donors (Lipinski definition) is 2. The number of pyridine rings is 1. The third kappa shape index (κ3) is 8.42. The Kier molecular flexibility index (Phi) is 11.7. The van der Waals surface area contributed by atoms with Crippen molar-refractivity contribution in [2.45, 2.75) is 43.7 Å². The number of nitrogens with one attached hydrogen (secondary N) is 1. The molecule has 1 aromatic heterocycles. The van der Waals surface area contributed by atoms with Gasteiger partial charge in [0.2, 0.25) is 0 Å². The number of rotatable bonds is 14. The third-order valence-electron chi connectivity index (χ3n) is 9.99. The molecule has 12 heteroatoms. The van der Waals surface area contributed by atoms with Crippen LogP contribution in [0.5, 0.6) is 11.5 Å². The van der Waals surface area contributed by atoms with E-state index in [4.69, 9.17) is 37.4 Å². The Balaban J connectivity index is 1.29. The molecule has 0 aliphatic carbocycles. The van der Waals surface area contributed by atoms with Crippen LogP contribution in [0.4, 0.5) is 0 Å². The fourth-order valence-electron chi connectivity index (χ4n) is 7.26. The Morgan fingerprint density at radius 3 is 2.29 bits per heavy atom. The summed E-state index contributed by atoms with van der Waals surface area (Å²) < 4.78 is 17.7. The Bertz CT molecular complexity index is 1840. The van der Waals surface area contributed by atoms with Gasteiger partial charge in [0.15, 0.2) is 23.9 Å². The van der Waals surface area contributed by atoms with Gasteiger partial charge in [0, 0.05) is 24.6 Å². The number of methoxy groups -OCH3 is 2. The number of piperidine rings is 3. The minimum absolute atomic E-state index is 0.108. The lowest BCUT2D eigenvalue weighted by Gasteiger charge is -2.44. The fourth-order valence-corrected chi connectivity index (χ4v) is 7.86. The molecule has 7 rings (SSSR count). The summed E-state index contributed by atoms with van der Waals surface area (Å²) in [5.74, 6) is -0.580. The van der Waals surface area contributed by atoms with Crippen LogP contribution in [-0.2, 0) is 22.4 Å². The highest BCUT2D eigenvalue weighted by Crippen LogP contribution is 2.39. The summed E-state index contributed by atoms with van der Waals surface area (Å²) >= 11 is 13.1. The maximum atomic E-state index is 13.7. The van der Waals surface area contributed by atoms with E-state index in [1.165, 1.54) is 26.6 Å². The lowest BCUT2D eigenvalue weighted by molar-refractivity contribution is -0.605. The molecular weight excluding hydrogens is 693 g/mol. The molecule has 1 unspecified atom stereocenters. The predicted octanol–water partition coefficient (Wildman–Crippen LogP) is 6.23. The molecule has 0 spiro atoms. The second-order valence-electron chi connectivity index (χ2n) is 13.1. The number of ether oxygens (including phenoxy) is 3. The van der Waals surface area contributed by atoms with Gasteiger partial charge in [0.25, 0.3) is 0 Å². The normalized spacial score (nSPS) is 19.3. The molecule has 3 aromatic carbocycles. The molecule has 0 saturated carbocycles. The number of carboxylic acid groups (broad SMARTS) is 1. The van der Waals surface area contributed by atoms with E-state index in [9.17, 15) is 19.9 Å². The monoisotopic (exact) mass is 733 g/mol. The van der Waals surface area contributed by atoms with Crippen LogP contribution in [0.25, 0.3) is 0 Å². The van der Waals surface area contributed by atoms with E-state index in [-0.39, 0.29) is 34.1 Å². The van der Waals surface area contributed by atoms with Gasteiger partial charge < -0.3 is 29.8 Å². The number of nitrogens with zero attached hydrogens (tertiary/aromatic N) is 2. The van der Waals surface area contributed by atoms with Crippen molar-refractivity contribution in [2.24, 2.45) is 5.92 Å². The van der Waals surface area contributed by atoms with Crippen molar-refractivity contribution in [2.75, 3.05) is 40.4 Å². The van der Waals surface area contributed by atoms with Crippen molar-refractivity contribution < 1.29 is 33.6 Å². The molecule has 3 saturated heterocycles. The molecule has 4 aromatic rings. The number of fused-ring (bicyclic) bond motifs is 3. The SMILES string of the molecule is COc1ccc([C@H](Cc2c(Cl)c[n+]([O-])cc2Cl)c2cc(CCNC(C(=O)O[C@H]3CN4CCC3CC4)c3ccccc3)ccc2C(=O)O)cc1OC. The van der Waals surface area contributed by atoms with Gasteiger partial charge in [0.05, 0.1) is 19.8 Å². The average Bonchev–Trinajstić information content (AvgIpc) is 3.13. The maximum absolute atomic E-state index is 13.7. The number of carbonyl (C=O) groups excluding carboxylic acids is 1. The van der Waals surface area contributed by atoms with Gasteiger partial charge in [-0.25, -0.2) is 9.59 Å². The summed E-state index contributed by atoms with van der Waals surface area (Å²) in [4.78, 5) is 28.7. The zero-order chi connectivity index (χ0) is 36.1. The van der Waals surface area contributed by atoms with E-state index < -0.39 is 17.9 Å². The Morgan fingerprint density at radius 2 is 1.67 bits per heavy atom. The first-order valence-electron chi connectivity index (χ1n) is 17.0. The van der Waals surface area contributed by atoms with E-state index in [0.717, 1.165) is 49.2 Å². The highest BCUT2D eigenvalue weighted by Gasteiger charge is 2.38. The van der Waals surface area contributed by atoms with Gasteiger partial charge in [-0.05, 0) is 85.1 Å². The molecule has 10 nitrogen and oxygen atoms in total. The van der Waals surface area contributed by atoms with Gasteiger partial charge in [0.1, 0.15) is 22.2 Å². The highest BCUT2D eigenvalue weighted by atomic mass is 35.5. The first-order valence-corrected chi connectivity index (χ1v) is 17.8. The molecule has 3 fully saturated rings. The third-order valence-corrected chi connectivity index (χ3v) is 10.6. The van der Waals surface area contributed by atoms with Gasteiger partial charge >= 0.3 is 11.9 Å². The summed E-state index contributed by atoms with van der Waals surface area (Å²) in [7, 11) is 3.07. The van der Waals surface area contributed by atoms with Crippen LogP contribution in [0, 0.1) is 11.1 Å². The van der Waals surface area contributed by atoms with Crippen LogP contribution in [0.2, 0.25) is 10.0 Å². The first-order chi connectivity index (χ1) is 24.6. The first kappa shape index (κ1) is 36.4. The summed E-state index contributed by atoms with van der Waals surface area (Å²) in [5.41, 5.74) is 3.54. The smallest absolute Gasteiger partial charge is 0.335 e. The van der Waals surface area contributed by atoms with Gasteiger partial charge in [-0.2, -0.15) is 4.73 Å². The van der Waals surface area contributed by atoms with E-state index in [2.05, 4.69) is 10.2 Å². The van der Waals surface area contributed by atoms with Crippen LogP contribution in [-0.4, -0.2) is 68.4 Å². The Hall–Kier alpha value is -4.35. The van der Waals surface area contributed by atoms with E-state index in [1.54, 1.807) is 24.3 Å². The molecular formula is C39H41Cl2N3O7. The van der Waals surface area contributed by atoms with Crippen molar-refractivity contribution in [3.8, 4) is 11.5 Å². The minimum atomic E-state index is -1.09. The molecule has 51 heavy (non-hydrogen) atoms. The lowest BCUT2D eigenvalue weighted by Crippen LogP contribution is -2.52. The highest BCUT2D eigenvalue weighted by molar-refractivity contribution is 6.35. The molecule has 2 N–H and O–H groups in total. The van der Waals surface area contributed by atoms with E-state index in [0.29, 0.717) is 46.2 Å². The number of carbonyl (C=O) groups is 2. The van der Waals surface area contributed by atoms with Crippen LogP contribution in [0.15, 0.2) is 79.1 Å². The minimum Gasteiger partial charge on any atom is -0.619 e. The number of esters is 1. The number of aromatic carboxylic acids is 1. The standard InChI is InChI=1S/C39H41Cl2N3O7/c1-49-34-11-9-27(19-35(34)50-2)29(20-31-32(40)21-44(48)22-33(31)41)30-18-24(8-10-28(30)38(45)46)12-15-42-37(26-6-4-3-5-7-26)39(47)51-36-23-43-16-13-25(36)14-17-43/h3-11,18-19,21-22,25,29,36-37,42H,12-17,20,23H2,1-2H3,(H,45,46)/t29-,36-,37?/m0/s1. The molecule has 0 amide bonds. The number of aromatic nitrogens is 1. The van der Waals surface area contributed by atoms with Crippen molar-refractivity contribution in [1.82, 2.24) is 10.2 Å². The van der Waals surface area contributed by atoms with Crippen molar-refractivity contribution in [3.05, 3.63) is 128 Å². The number of halogens is 2. The summed E-state index contributed by atoms with van der Waals surface area (Å²) in [6.45, 7) is 3.30. The molecule has 268 valence electrons. The maximum Gasteiger partial charge on any atom is 0.335 e. The van der Waals surface area contributed by atoms with Crippen molar-refractivity contribution in [1.29, 1.82) is 0 Å². The number of hydrogen-bond acceptors (Lipinski definition) is 8. The molecule has 3 atom stereocenters. The summed E-state index contributed by atoms with van der Waals surface area (Å²) in [6.07, 6.45) is 5.10. The van der Waals surface area contributed by atoms with Crippen molar-refractivity contribution >= 4 is 35.1 Å². The predicted molar refractivity (Wildman–Crippen MR) is 194 cm³/mol. The molecule has 0 radical (unpaired) electrons. The molecule has 3 aliphatic heterocycles. The second kappa shape index (κ2) is 16.3.